The molecule has 25 heavy (non-hydrogen) atoms. The fourth-order valence-corrected chi connectivity index (χ4v) is 2.48. The van der Waals surface area contributed by atoms with E-state index in [1.54, 1.807) is 18.3 Å². The average molecular weight is 337 g/mol. The third kappa shape index (κ3) is 3.68. The van der Waals surface area contributed by atoms with Gasteiger partial charge in [-0.1, -0.05) is 18.2 Å². The highest BCUT2D eigenvalue weighted by Gasteiger charge is 2.15. The number of nitrogens with zero attached hydrogens (tertiary/aromatic N) is 3. The maximum atomic E-state index is 12.4. The number of fused-ring (bicyclic) bond motifs is 1. The number of carbonyl (C=O) groups is 1. The lowest BCUT2D eigenvalue weighted by atomic mass is 10.3. The molecule has 0 N–H and O–H groups in total. The summed E-state index contributed by atoms with van der Waals surface area (Å²) in [6.07, 6.45) is 2.89. The van der Waals surface area contributed by atoms with E-state index in [2.05, 4.69) is 4.98 Å². The summed E-state index contributed by atoms with van der Waals surface area (Å²) in [6.45, 7) is 2.62. The molecule has 0 aliphatic heterocycles. The highest BCUT2D eigenvalue weighted by Crippen LogP contribution is 2.10. The van der Waals surface area contributed by atoms with Gasteiger partial charge < -0.3 is 9.64 Å². The van der Waals surface area contributed by atoms with Crippen LogP contribution in [0.5, 0.6) is 0 Å². The number of rotatable bonds is 5. The van der Waals surface area contributed by atoms with E-state index < -0.39 is 11.5 Å². The van der Waals surface area contributed by atoms with E-state index in [0.717, 1.165) is 11.3 Å². The van der Waals surface area contributed by atoms with Crippen molar-refractivity contribution in [2.75, 3.05) is 25.1 Å². The average Bonchev–Trinajstić information content (AvgIpc) is 2.62. The molecule has 0 atom stereocenters. The van der Waals surface area contributed by atoms with Gasteiger partial charge in [-0.15, -0.1) is 0 Å². The number of para-hydroxylation sites is 1. The molecule has 6 heteroatoms. The number of benzene rings is 1. The monoisotopic (exact) mass is 337 g/mol. The van der Waals surface area contributed by atoms with Gasteiger partial charge in [-0.2, -0.15) is 0 Å². The Hall–Kier alpha value is -3.15. The topological polar surface area (TPSA) is 63.9 Å². The molecule has 3 rings (SSSR count). The standard InChI is InChI=1S/C19H19N3O3/c1-14-8-9-22-17(12-14)20-13-16(18(22)23)19(24)25-11-10-21(2)15-6-4-3-5-7-15/h3-9,12-13H,10-11H2,1-2H3. The number of esters is 1. The number of aromatic nitrogens is 2. The van der Waals surface area contributed by atoms with Crippen LogP contribution in [0.3, 0.4) is 0 Å². The van der Waals surface area contributed by atoms with Crippen molar-refractivity contribution in [2.24, 2.45) is 0 Å². The molecule has 0 saturated carbocycles. The summed E-state index contributed by atoms with van der Waals surface area (Å²) in [5.74, 6) is -0.658. The smallest absolute Gasteiger partial charge is 0.345 e. The molecule has 0 aliphatic rings. The largest absolute Gasteiger partial charge is 0.460 e. The van der Waals surface area contributed by atoms with E-state index in [4.69, 9.17) is 4.74 Å². The van der Waals surface area contributed by atoms with Gasteiger partial charge >= 0.3 is 5.97 Å². The molecule has 2 aromatic heterocycles. The van der Waals surface area contributed by atoms with Crippen LogP contribution in [0, 0.1) is 6.92 Å². The lowest BCUT2D eigenvalue weighted by Crippen LogP contribution is -2.27. The van der Waals surface area contributed by atoms with E-state index >= 15 is 0 Å². The van der Waals surface area contributed by atoms with Crippen LogP contribution < -0.4 is 10.5 Å². The van der Waals surface area contributed by atoms with E-state index in [9.17, 15) is 9.59 Å². The molecule has 0 unspecified atom stereocenters. The van der Waals surface area contributed by atoms with Crippen LogP contribution in [0.2, 0.25) is 0 Å². The van der Waals surface area contributed by atoms with Crippen LogP contribution in [-0.4, -0.2) is 35.6 Å². The van der Waals surface area contributed by atoms with Crippen molar-refractivity contribution in [3.05, 3.63) is 76.3 Å². The first-order chi connectivity index (χ1) is 12.1. The molecule has 0 saturated heterocycles. The minimum atomic E-state index is -0.658. The van der Waals surface area contributed by atoms with Crippen LogP contribution in [0.1, 0.15) is 15.9 Å². The zero-order valence-corrected chi connectivity index (χ0v) is 14.2. The molecule has 0 aliphatic carbocycles. The Morgan fingerprint density at radius 3 is 2.76 bits per heavy atom. The molecule has 0 radical (unpaired) electrons. The Morgan fingerprint density at radius 2 is 2.00 bits per heavy atom. The molecular formula is C19H19N3O3. The summed E-state index contributed by atoms with van der Waals surface area (Å²) >= 11 is 0. The van der Waals surface area contributed by atoms with Crippen LogP contribution >= 0.6 is 0 Å². The van der Waals surface area contributed by atoms with E-state index in [-0.39, 0.29) is 12.2 Å². The van der Waals surface area contributed by atoms with Gasteiger partial charge in [0.05, 0.1) is 6.54 Å². The van der Waals surface area contributed by atoms with Crippen molar-refractivity contribution in [2.45, 2.75) is 6.92 Å². The SMILES string of the molecule is Cc1ccn2c(=O)c(C(=O)OCCN(C)c3ccccc3)cnc2c1. The Morgan fingerprint density at radius 1 is 1.24 bits per heavy atom. The second kappa shape index (κ2) is 7.17. The molecule has 6 nitrogen and oxygen atoms in total. The van der Waals surface area contributed by atoms with Crippen LogP contribution in [0.25, 0.3) is 5.65 Å². The Balaban J connectivity index is 1.67. The number of ether oxygens (including phenoxy) is 1. The highest BCUT2D eigenvalue weighted by molar-refractivity contribution is 5.88. The number of anilines is 1. The second-order valence-electron chi connectivity index (χ2n) is 5.80. The molecule has 1 aromatic carbocycles. The highest BCUT2D eigenvalue weighted by atomic mass is 16.5. The first-order valence-corrected chi connectivity index (χ1v) is 7.97. The number of aryl methyl sites for hydroxylation is 1. The number of likely N-dealkylation sites (N-methyl/N-ethyl adjacent to an activating group) is 1. The number of hydrogen-bond acceptors (Lipinski definition) is 5. The third-order valence-corrected chi connectivity index (χ3v) is 3.94. The van der Waals surface area contributed by atoms with Gasteiger partial charge in [-0.05, 0) is 36.8 Å². The normalized spacial score (nSPS) is 10.6. The summed E-state index contributed by atoms with van der Waals surface area (Å²) in [7, 11) is 1.91. The summed E-state index contributed by atoms with van der Waals surface area (Å²) in [4.78, 5) is 30.8. The molecule has 0 amide bonds. The number of pyridine rings is 1. The van der Waals surface area contributed by atoms with Crippen molar-refractivity contribution < 1.29 is 9.53 Å². The Kier molecular flexibility index (Phi) is 4.79. The van der Waals surface area contributed by atoms with Crippen molar-refractivity contribution in [3.8, 4) is 0 Å². The van der Waals surface area contributed by atoms with Gasteiger partial charge in [0.1, 0.15) is 17.8 Å². The summed E-state index contributed by atoms with van der Waals surface area (Å²) < 4.78 is 6.59. The molecule has 2 heterocycles. The lowest BCUT2D eigenvalue weighted by molar-refractivity contribution is 0.0513. The fourth-order valence-electron chi connectivity index (χ4n) is 2.48. The van der Waals surface area contributed by atoms with Crippen LogP contribution in [-0.2, 0) is 4.74 Å². The summed E-state index contributed by atoms with van der Waals surface area (Å²) in [5, 5.41) is 0. The summed E-state index contributed by atoms with van der Waals surface area (Å²) in [5.41, 5.74) is 2.04. The second-order valence-corrected chi connectivity index (χ2v) is 5.80. The van der Waals surface area contributed by atoms with Gasteiger partial charge in [-0.25, -0.2) is 9.78 Å². The minimum absolute atomic E-state index is 0.0660. The van der Waals surface area contributed by atoms with Crippen molar-refractivity contribution in [1.29, 1.82) is 0 Å². The summed E-state index contributed by atoms with van der Waals surface area (Å²) in [6, 6.07) is 13.4. The van der Waals surface area contributed by atoms with Crippen molar-refractivity contribution >= 4 is 17.3 Å². The first-order valence-electron chi connectivity index (χ1n) is 7.97. The molecule has 0 spiro atoms. The van der Waals surface area contributed by atoms with Gasteiger partial charge in [0.15, 0.2) is 0 Å². The van der Waals surface area contributed by atoms with E-state index in [1.165, 1.54) is 10.6 Å². The van der Waals surface area contributed by atoms with E-state index in [1.807, 2.05) is 49.2 Å². The predicted molar refractivity (Wildman–Crippen MR) is 96.2 cm³/mol. The van der Waals surface area contributed by atoms with Gasteiger partial charge in [-0.3, -0.25) is 9.20 Å². The molecule has 0 fully saturated rings. The molecule has 0 bridgehead atoms. The molecule has 128 valence electrons. The maximum absolute atomic E-state index is 12.4. The third-order valence-electron chi connectivity index (χ3n) is 3.94. The Labute approximate surface area is 145 Å². The fraction of sp³-hybridized carbons (Fsp3) is 0.211. The van der Waals surface area contributed by atoms with Gasteiger partial charge in [0.25, 0.3) is 5.56 Å². The van der Waals surface area contributed by atoms with Gasteiger partial charge in [0, 0.05) is 25.1 Å². The Bertz CT molecular complexity index is 951. The zero-order chi connectivity index (χ0) is 17.8. The minimum Gasteiger partial charge on any atom is -0.460 e. The lowest BCUT2D eigenvalue weighted by Gasteiger charge is -2.18. The first kappa shape index (κ1) is 16.7. The van der Waals surface area contributed by atoms with Crippen molar-refractivity contribution in [3.63, 3.8) is 0 Å². The quantitative estimate of drug-likeness (QED) is 0.669. The maximum Gasteiger partial charge on any atom is 0.345 e. The van der Waals surface area contributed by atoms with Crippen LogP contribution in [0.15, 0.2) is 59.7 Å². The van der Waals surface area contributed by atoms with E-state index in [0.29, 0.717) is 12.2 Å². The number of carbonyl (C=O) groups excluding carboxylic acids is 1. The predicted octanol–water partition coefficient (Wildman–Crippen LogP) is 2.30. The van der Waals surface area contributed by atoms with Gasteiger partial charge in [0.2, 0.25) is 0 Å². The zero-order valence-electron chi connectivity index (χ0n) is 14.2. The molecule has 3 aromatic rings. The van der Waals surface area contributed by atoms with Crippen molar-refractivity contribution in [1.82, 2.24) is 9.38 Å². The number of hydrogen-bond donors (Lipinski definition) is 0. The van der Waals surface area contributed by atoms with Crippen LogP contribution in [0.4, 0.5) is 5.69 Å². The molecular weight excluding hydrogens is 318 g/mol.